The monoisotopic (exact) mass is 651 g/mol. The Morgan fingerprint density at radius 2 is 1.35 bits per heavy atom. The topological polar surface area (TPSA) is 194 Å². The van der Waals surface area contributed by atoms with Gasteiger partial charge in [0.15, 0.2) is 0 Å². The van der Waals surface area contributed by atoms with E-state index in [1.807, 2.05) is 13.8 Å². The lowest BCUT2D eigenvalue weighted by molar-refractivity contribution is -0.144. The van der Waals surface area contributed by atoms with Crippen LogP contribution in [0.3, 0.4) is 0 Å². The van der Waals surface area contributed by atoms with Crippen LogP contribution in [0.25, 0.3) is 0 Å². The van der Waals surface area contributed by atoms with Crippen LogP contribution < -0.4 is 21.3 Å². The first-order valence-corrected chi connectivity index (χ1v) is 17.0. The van der Waals surface area contributed by atoms with Gasteiger partial charge in [0.1, 0.15) is 18.1 Å². The van der Waals surface area contributed by atoms with Crippen molar-refractivity contribution >= 4 is 35.5 Å². The van der Waals surface area contributed by atoms with Crippen molar-refractivity contribution in [2.75, 3.05) is 19.7 Å². The summed E-state index contributed by atoms with van der Waals surface area (Å²) >= 11 is 0. The number of aliphatic hydroxyl groups is 1. The number of carboxylic acids is 1. The molecule has 0 aromatic rings. The van der Waals surface area contributed by atoms with Gasteiger partial charge in [-0.2, -0.15) is 0 Å². The maximum absolute atomic E-state index is 13.6. The number of carbonyl (C=O) groups is 6. The van der Waals surface area contributed by atoms with Gasteiger partial charge in [-0.3, -0.25) is 24.0 Å². The van der Waals surface area contributed by atoms with Crippen molar-refractivity contribution in [2.24, 2.45) is 17.3 Å². The predicted molar refractivity (Wildman–Crippen MR) is 172 cm³/mol. The minimum Gasteiger partial charge on any atom is -0.480 e. The van der Waals surface area contributed by atoms with Crippen LogP contribution in [0.2, 0.25) is 0 Å². The molecule has 1 aliphatic heterocycles. The predicted octanol–water partition coefficient (Wildman–Crippen LogP) is 1.86. The maximum Gasteiger partial charge on any atom is 0.326 e. The van der Waals surface area contributed by atoms with Crippen LogP contribution >= 0.6 is 0 Å². The van der Waals surface area contributed by atoms with Crippen LogP contribution in [-0.4, -0.2) is 94.5 Å². The van der Waals surface area contributed by atoms with Gasteiger partial charge in [-0.05, 0) is 43.4 Å². The van der Waals surface area contributed by atoms with Crippen molar-refractivity contribution in [3.63, 3.8) is 0 Å². The van der Waals surface area contributed by atoms with Crippen molar-refractivity contribution in [1.82, 2.24) is 26.2 Å². The molecule has 262 valence electrons. The minimum atomic E-state index is -1.64. The number of amides is 5. The molecule has 1 saturated carbocycles. The number of rotatable bonds is 17. The second-order valence-electron chi connectivity index (χ2n) is 14.0. The van der Waals surface area contributed by atoms with Crippen molar-refractivity contribution in [3.8, 4) is 0 Å². The fourth-order valence-electron chi connectivity index (χ4n) is 6.28. The molecule has 6 N–H and O–H groups in total. The molecular weight excluding hydrogens is 594 g/mol. The van der Waals surface area contributed by atoms with Crippen molar-refractivity contribution in [1.29, 1.82) is 0 Å². The molecule has 0 spiro atoms. The summed E-state index contributed by atoms with van der Waals surface area (Å²) in [6.07, 6.45) is 7.76. The average molecular weight is 652 g/mol. The fraction of sp³-hybridized carbons (Fsp3) is 0.818. The highest BCUT2D eigenvalue weighted by atomic mass is 16.4. The highest BCUT2D eigenvalue weighted by Crippen LogP contribution is 2.27. The Labute approximate surface area is 273 Å². The van der Waals surface area contributed by atoms with Crippen molar-refractivity contribution in [3.05, 3.63) is 0 Å². The van der Waals surface area contributed by atoms with E-state index in [1.54, 1.807) is 25.7 Å². The quantitative estimate of drug-likeness (QED) is 0.137. The van der Waals surface area contributed by atoms with E-state index in [9.17, 15) is 39.0 Å². The number of hydrogen-bond acceptors (Lipinski definition) is 7. The lowest BCUT2D eigenvalue weighted by Gasteiger charge is -2.33. The number of hydrogen-bond donors (Lipinski definition) is 6. The molecule has 0 aromatic heterocycles. The van der Waals surface area contributed by atoms with E-state index in [0.29, 0.717) is 38.3 Å². The average Bonchev–Trinajstić information content (AvgIpc) is 3.54. The molecule has 5 amide bonds. The zero-order chi connectivity index (χ0) is 34.4. The maximum atomic E-state index is 13.6. The third-order valence-electron chi connectivity index (χ3n) is 9.17. The summed E-state index contributed by atoms with van der Waals surface area (Å²) in [5, 5.41) is 30.2. The second-order valence-corrected chi connectivity index (χ2v) is 14.0. The first-order chi connectivity index (χ1) is 21.7. The van der Waals surface area contributed by atoms with Gasteiger partial charge in [0.05, 0.1) is 25.5 Å². The summed E-state index contributed by atoms with van der Waals surface area (Å²) in [7, 11) is 0. The first kappa shape index (κ1) is 39.0. The zero-order valence-corrected chi connectivity index (χ0v) is 28.4. The highest BCUT2D eigenvalue weighted by molar-refractivity contribution is 5.97. The summed E-state index contributed by atoms with van der Waals surface area (Å²) in [6.45, 7) is 9.80. The highest BCUT2D eigenvalue weighted by Gasteiger charge is 2.38. The molecule has 46 heavy (non-hydrogen) atoms. The Morgan fingerprint density at radius 1 is 0.761 bits per heavy atom. The van der Waals surface area contributed by atoms with Gasteiger partial charge >= 0.3 is 5.97 Å². The van der Waals surface area contributed by atoms with Gasteiger partial charge in [0.2, 0.25) is 29.5 Å². The van der Waals surface area contributed by atoms with Crippen molar-refractivity contribution < 1.29 is 39.0 Å². The van der Waals surface area contributed by atoms with E-state index < -0.39 is 66.1 Å². The van der Waals surface area contributed by atoms with Crippen LogP contribution in [0, 0.1) is 17.3 Å². The SMILES string of the molecule is CCC(CC)C(=O)N[C@H](C(=O)N[C@@H](CC(=O)N1CCCC1)C(=O)N[C@@H](CC(=O)N[C@H](CO)CC1CCCCC1)C(=O)O)C(C)(C)C. The molecule has 2 fully saturated rings. The van der Waals surface area contributed by atoms with E-state index >= 15 is 0 Å². The molecule has 0 unspecified atom stereocenters. The van der Waals surface area contributed by atoms with Gasteiger partial charge in [-0.25, -0.2) is 4.79 Å². The van der Waals surface area contributed by atoms with Crippen molar-refractivity contribution in [2.45, 2.75) is 136 Å². The minimum absolute atomic E-state index is 0.290. The number of nitrogens with one attached hydrogen (secondary N) is 4. The van der Waals surface area contributed by atoms with Gasteiger partial charge in [-0.15, -0.1) is 0 Å². The smallest absolute Gasteiger partial charge is 0.326 e. The Hall–Kier alpha value is -3.22. The van der Waals surface area contributed by atoms with E-state index in [1.165, 1.54) is 6.42 Å². The van der Waals surface area contributed by atoms with Crippen LogP contribution in [0.1, 0.15) is 112 Å². The van der Waals surface area contributed by atoms with E-state index in [-0.39, 0.29) is 24.3 Å². The Morgan fingerprint density at radius 3 is 1.87 bits per heavy atom. The van der Waals surface area contributed by atoms with Crippen LogP contribution in [0.4, 0.5) is 0 Å². The summed E-state index contributed by atoms with van der Waals surface area (Å²) in [6, 6.07) is -4.67. The lowest BCUT2D eigenvalue weighted by Crippen LogP contribution is -2.60. The van der Waals surface area contributed by atoms with Gasteiger partial charge in [-0.1, -0.05) is 66.7 Å². The molecule has 1 aliphatic carbocycles. The van der Waals surface area contributed by atoms with Gasteiger partial charge < -0.3 is 36.4 Å². The molecule has 4 atom stereocenters. The number of nitrogens with zero attached hydrogens (tertiary/aromatic N) is 1. The molecule has 1 heterocycles. The number of aliphatic carboxylic acids is 1. The van der Waals surface area contributed by atoms with Crippen LogP contribution in [-0.2, 0) is 28.8 Å². The van der Waals surface area contributed by atoms with E-state index in [4.69, 9.17) is 0 Å². The first-order valence-electron chi connectivity index (χ1n) is 17.0. The number of likely N-dealkylation sites (tertiary alicyclic amines) is 1. The second kappa shape index (κ2) is 18.8. The number of carbonyl (C=O) groups excluding carboxylic acids is 5. The van der Waals surface area contributed by atoms with Gasteiger partial charge in [0, 0.05) is 19.0 Å². The number of aliphatic hydroxyl groups excluding tert-OH is 1. The molecule has 1 saturated heterocycles. The largest absolute Gasteiger partial charge is 0.480 e. The van der Waals surface area contributed by atoms with Crippen LogP contribution in [0.15, 0.2) is 0 Å². The molecule has 2 aliphatic rings. The molecule has 0 aromatic carbocycles. The normalized spacial score (nSPS) is 18.3. The lowest BCUT2D eigenvalue weighted by atomic mass is 9.85. The summed E-state index contributed by atoms with van der Waals surface area (Å²) in [5.74, 6) is -4.31. The molecule has 13 heteroatoms. The Balaban J connectivity index is 2.19. The Kier molecular flexibility index (Phi) is 15.9. The molecular formula is C33H57N5O8. The number of carboxylic acid groups (broad SMARTS) is 1. The van der Waals surface area contributed by atoms with E-state index in [2.05, 4.69) is 21.3 Å². The fourth-order valence-corrected chi connectivity index (χ4v) is 6.28. The standard InChI is InChI=1S/C33H57N5O8/c1-6-22(7-2)29(42)37-28(33(3,4)5)31(44)35-24(19-27(41)38-15-11-12-16-38)30(43)36-25(32(45)46)18-26(40)34-23(20-39)17-21-13-9-8-10-14-21/h21-25,28,39H,6-20H2,1-5H3,(H,34,40)(H,35,44)(H,36,43)(H,37,42)(H,45,46)/t23-,24-,25-,28+/m0/s1. The molecule has 2 rings (SSSR count). The Bertz CT molecular complexity index is 1050. The third kappa shape index (κ3) is 12.5. The van der Waals surface area contributed by atoms with E-state index in [0.717, 1.165) is 38.5 Å². The van der Waals surface area contributed by atoms with Crippen LogP contribution in [0.5, 0.6) is 0 Å². The van der Waals surface area contributed by atoms with Gasteiger partial charge in [0.25, 0.3) is 0 Å². The summed E-state index contributed by atoms with van der Waals surface area (Å²) in [4.78, 5) is 79.8. The molecule has 0 bridgehead atoms. The third-order valence-corrected chi connectivity index (χ3v) is 9.17. The summed E-state index contributed by atoms with van der Waals surface area (Å²) in [5.41, 5.74) is -0.756. The molecule has 0 radical (unpaired) electrons. The molecule has 13 nitrogen and oxygen atoms in total. The summed E-state index contributed by atoms with van der Waals surface area (Å²) < 4.78 is 0. The zero-order valence-electron chi connectivity index (χ0n) is 28.4.